The quantitative estimate of drug-likeness (QED) is 0.0776. The number of hydrogen-bond donors (Lipinski definition) is 6. The molecule has 21 nitrogen and oxygen atoms in total. The molecule has 2 saturated heterocycles. The minimum atomic E-state index is -1.26. The molecule has 0 saturated carbocycles. The monoisotopic (exact) mass is 964 g/mol. The van der Waals surface area contributed by atoms with Crippen molar-refractivity contribution in [2.45, 2.75) is 23.3 Å². The fraction of sp³-hybridized carbons (Fsp3) is 0.227. The first-order chi connectivity index (χ1) is 31.5. The lowest BCUT2D eigenvalue weighted by Crippen LogP contribution is -2.25. The van der Waals surface area contributed by atoms with Gasteiger partial charge in [-0.1, -0.05) is 59.9 Å². The molecule has 23 heteroatoms. The van der Waals surface area contributed by atoms with Gasteiger partial charge in [-0.3, -0.25) is 29.8 Å². The number of rotatable bonds is 18. The fourth-order valence-corrected chi connectivity index (χ4v) is 6.92. The van der Waals surface area contributed by atoms with Crippen LogP contribution in [0.15, 0.2) is 122 Å². The van der Waals surface area contributed by atoms with E-state index in [2.05, 4.69) is 20.6 Å². The highest BCUT2D eigenvalue weighted by atomic mass is 32.2. The zero-order valence-electron chi connectivity index (χ0n) is 35.9. The van der Waals surface area contributed by atoms with E-state index in [1.54, 1.807) is 12.4 Å². The van der Waals surface area contributed by atoms with Crippen molar-refractivity contribution in [1.82, 2.24) is 20.6 Å². The predicted molar refractivity (Wildman–Crippen MR) is 249 cm³/mol. The van der Waals surface area contributed by atoms with E-state index in [4.69, 9.17) is 29.9 Å². The van der Waals surface area contributed by atoms with Gasteiger partial charge in [0.05, 0.1) is 23.6 Å². The molecule has 4 heterocycles. The van der Waals surface area contributed by atoms with Gasteiger partial charge in [0, 0.05) is 50.8 Å². The topological polar surface area (TPSA) is 324 Å². The van der Waals surface area contributed by atoms with Crippen LogP contribution in [0.25, 0.3) is 0 Å². The molecule has 0 bridgehead atoms. The van der Waals surface area contributed by atoms with Crippen LogP contribution in [-0.2, 0) is 41.6 Å². The Morgan fingerprint density at radius 3 is 1.15 bits per heavy atom. The maximum absolute atomic E-state index is 11.6. The molecule has 2 aromatic carbocycles. The number of nitrogens with zero attached hydrogens (tertiary/aromatic N) is 4. The number of likely N-dealkylation sites (N-methyl/N-ethyl adjacent to an activating group) is 2. The van der Waals surface area contributed by atoms with Crippen LogP contribution in [0.5, 0.6) is 11.5 Å². The summed E-state index contributed by atoms with van der Waals surface area (Å²) in [6.45, 7) is 2.53. The van der Waals surface area contributed by atoms with E-state index in [1.807, 2.05) is 109 Å². The lowest BCUT2D eigenvalue weighted by Gasteiger charge is -2.18. The number of imide groups is 2. The summed E-state index contributed by atoms with van der Waals surface area (Å²) < 4.78 is 11.5. The number of hydrogen-bond acceptors (Lipinski definition) is 16. The van der Waals surface area contributed by atoms with Gasteiger partial charge in [0.2, 0.25) is 11.8 Å². The third-order valence-electron chi connectivity index (χ3n) is 8.43. The first-order valence-corrected chi connectivity index (χ1v) is 21.2. The van der Waals surface area contributed by atoms with Gasteiger partial charge >= 0.3 is 23.9 Å². The standard InChI is InChI=1S/2C18H19N3O3S.2C4H4O4.H2O/c2*1-21(16-4-2-3-9-19-16)10-11-24-14-7-5-13(6-8-14)12-15-17(22)20-18(23)25-15;2*5-3(6)1-2-4(7)8;/h2*2-9,15H,10-12H2,1H3,(H,20,22,23);2*1-2H,(H,5,6)(H,7,8);1H2. The van der Waals surface area contributed by atoms with Crippen LogP contribution in [-0.4, -0.2) is 133 Å². The van der Waals surface area contributed by atoms with Crippen LogP contribution in [0.4, 0.5) is 21.2 Å². The number of carboxylic acid groups (broad SMARTS) is 4. The summed E-state index contributed by atoms with van der Waals surface area (Å²) in [6, 6.07) is 26.8. The number of aliphatic carboxylic acids is 4. The van der Waals surface area contributed by atoms with Gasteiger partial charge in [-0.15, -0.1) is 0 Å². The van der Waals surface area contributed by atoms with Crippen molar-refractivity contribution in [3.63, 3.8) is 0 Å². The summed E-state index contributed by atoms with van der Waals surface area (Å²) in [4.78, 5) is 96.4. The Hall–Kier alpha value is -7.76. The summed E-state index contributed by atoms with van der Waals surface area (Å²) in [5, 5.41) is 34.6. The number of aromatic nitrogens is 2. The minimum Gasteiger partial charge on any atom is -0.492 e. The second kappa shape index (κ2) is 29.6. The van der Waals surface area contributed by atoms with E-state index in [1.165, 1.54) is 0 Å². The third-order valence-corrected chi connectivity index (χ3v) is 10.4. The molecule has 8 N–H and O–H groups in total. The summed E-state index contributed by atoms with van der Waals surface area (Å²) in [6.07, 6.45) is 6.83. The molecule has 356 valence electrons. The highest BCUT2D eigenvalue weighted by molar-refractivity contribution is 8.15. The summed E-state index contributed by atoms with van der Waals surface area (Å²) in [7, 11) is 3.95. The highest BCUT2D eigenvalue weighted by Crippen LogP contribution is 2.25. The van der Waals surface area contributed by atoms with E-state index >= 15 is 0 Å². The first kappa shape index (κ1) is 55.4. The van der Waals surface area contributed by atoms with Crippen molar-refractivity contribution in [2.75, 3.05) is 50.2 Å². The normalized spacial score (nSPS) is 14.7. The zero-order chi connectivity index (χ0) is 48.4. The number of carbonyl (C=O) groups is 8. The fourth-order valence-electron chi connectivity index (χ4n) is 5.20. The Balaban J connectivity index is 0.000000345. The van der Waals surface area contributed by atoms with Gasteiger partial charge in [-0.05, 0) is 72.5 Å². The minimum absolute atomic E-state index is 0. The van der Waals surface area contributed by atoms with Gasteiger partial charge < -0.3 is 45.2 Å². The molecular formula is C44H48N6O15S2. The zero-order valence-corrected chi connectivity index (χ0v) is 37.6. The number of nitrogens with one attached hydrogen (secondary N) is 2. The lowest BCUT2D eigenvalue weighted by molar-refractivity contribution is -0.134. The second-order valence-corrected chi connectivity index (χ2v) is 15.7. The maximum atomic E-state index is 11.6. The number of anilines is 2. The average Bonchev–Trinajstić information content (AvgIpc) is 3.79. The van der Waals surface area contributed by atoms with Crippen LogP contribution in [0, 0.1) is 0 Å². The Morgan fingerprint density at radius 1 is 0.567 bits per heavy atom. The summed E-state index contributed by atoms with van der Waals surface area (Å²) in [5.41, 5.74) is 2.00. The Kier molecular flexibility index (Phi) is 24.5. The number of thioether (sulfide) groups is 2. The molecule has 2 fully saturated rings. The summed E-state index contributed by atoms with van der Waals surface area (Å²) >= 11 is 2.09. The number of ether oxygens (including phenoxy) is 2. The van der Waals surface area contributed by atoms with Gasteiger partial charge in [0.25, 0.3) is 10.5 Å². The van der Waals surface area contributed by atoms with Crippen LogP contribution < -0.4 is 29.9 Å². The van der Waals surface area contributed by atoms with E-state index in [-0.39, 0.29) is 38.3 Å². The van der Waals surface area contributed by atoms with E-state index in [9.17, 15) is 38.4 Å². The van der Waals surface area contributed by atoms with Gasteiger partial charge in [0.1, 0.15) is 36.3 Å². The lowest BCUT2D eigenvalue weighted by atomic mass is 10.1. The molecular weight excluding hydrogens is 917 g/mol. The van der Waals surface area contributed by atoms with Crippen molar-refractivity contribution >= 4 is 81.3 Å². The van der Waals surface area contributed by atoms with Crippen LogP contribution in [0.2, 0.25) is 0 Å². The number of carboxylic acids is 4. The largest absolute Gasteiger partial charge is 0.492 e. The Morgan fingerprint density at radius 2 is 0.896 bits per heavy atom. The summed E-state index contributed by atoms with van der Waals surface area (Å²) in [5.74, 6) is -2.09. The smallest absolute Gasteiger partial charge is 0.328 e. The molecule has 2 unspecified atom stereocenters. The van der Waals surface area contributed by atoms with Gasteiger partial charge in [0.15, 0.2) is 0 Å². The number of pyridine rings is 2. The third kappa shape index (κ3) is 22.6. The second-order valence-electron chi connectivity index (χ2n) is 13.4. The van der Waals surface area contributed by atoms with Crippen LogP contribution in [0.1, 0.15) is 11.1 Å². The molecule has 2 aliphatic rings. The van der Waals surface area contributed by atoms with E-state index in [0.717, 1.165) is 70.9 Å². The molecule has 0 aliphatic carbocycles. The molecule has 6 rings (SSSR count). The number of benzene rings is 2. The van der Waals surface area contributed by atoms with Crippen molar-refractivity contribution < 1.29 is 73.7 Å². The van der Waals surface area contributed by atoms with Gasteiger partial charge in [-0.25, -0.2) is 29.1 Å². The number of amides is 4. The molecule has 0 spiro atoms. The molecule has 67 heavy (non-hydrogen) atoms. The van der Waals surface area contributed by atoms with Crippen molar-refractivity contribution in [2.24, 2.45) is 0 Å². The molecule has 2 aliphatic heterocycles. The van der Waals surface area contributed by atoms with E-state index < -0.39 is 23.9 Å². The Labute approximate surface area is 392 Å². The Bertz CT molecular complexity index is 2130. The van der Waals surface area contributed by atoms with E-state index in [0.29, 0.717) is 50.4 Å². The molecule has 4 aromatic rings. The molecule has 2 aromatic heterocycles. The van der Waals surface area contributed by atoms with Crippen LogP contribution >= 0.6 is 23.5 Å². The van der Waals surface area contributed by atoms with Crippen molar-refractivity contribution in [3.05, 3.63) is 133 Å². The average molecular weight is 965 g/mol. The maximum Gasteiger partial charge on any atom is 0.328 e. The van der Waals surface area contributed by atoms with Crippen molar-refractivity contribution in [3.8, 4) is 11.5 Å². The predicted octanol–water partition coefficient (Wildman–Crippen LogP) is 3.58. The van der Waals surface area contributed by atoms with Gasteiger partial charge in [-0.2, -0.15) is 0 Å². The SMILES string of the molecule is CN(CCOc1ccc(CC2SC(=O)NC2=O)cc1)c1ccccn1.CN(CCOc1ccc(CC2SC(=O)NC2=O)cc1)c1ccccn1.O.O=C(O)C=CC(=O)O.O=C(O)C=CC(=O)O. The van der Waals surface area contributed by atoms with Crippen LogP contribution in [0.3, 0.4) is 0 Å². The number of carbonyl (C=O) groups excluding carboxylic acids is 4. The van der Waals surface area contributed by atoms with Crippen molar-refractivity contribution in [1.29, 1.82) is 0 Å². The molecule has 0 radical (unpaired) electrons. The first-order valence-electron chi connectivity index (χ1n) is 19.5. The highest BCUT2D eigenvalue weighted by Gasteiger charge is 2.32. The molecule has 4 amide bonds. The molecule has 2 atom stereocenters.